The summed E-state index contributed by atoms with van der Waals surface area (Å²) >= 11 is 2.12. The van der Waals surface area contributed by atoms with Crippen LogP contribution in [0.15, 0.2) is 59.5 Å². The number of unbranched alkanes of at least 4 members (excludes halogenated alkanes) is 1. The molecule has 2 rings (SSSR count). The molecule has 0 saturated carbocycles. The lowest BCUT2D eigenvalue weighted by Crippen LogP contribution is -2.48. The van der Waals surface area contributed by atoms with Crippen LogP contribution in [0.25, 0.3) is 0 Å². The number of hydrogen-bond acceptors (Lipinski definition) is 3. The van der Waals surface area contributed by atoms with Crippen LogP contribution in [-0.2, 0) is 21.2 Å². The quantitative estimate of drug-likeness (QED) is 0.423. The number of benzene rings is 2. The second-order valence-electron chi connectivity index (χ2n) is 5.96. The lowest BCUT2D eigenvalue weighted by Gasteiger charge is -2.19. The Morgan fingerprint density at radius 2 is 1.73 bits per heavy atom. The minimum Gasteiger partial charge on any atom is -0.355 e. The highest BCUT2D eigenvalue weighted by molar-refractivity contribution is 14.1. The molecule has 5 nitrogen and oxygen atoms in total. The van der Waals surface area contributed by atoms with Gasteiger partial charge in [-0.25, -0.2) is 8.42 Å². The lowest BCUT2D eigenvalue weighted by molar-refractivity contribution is -0.122. The molecular weight excluding hydrogens is 463 g/mol. The van der Waals surface area contributed by atoms with Gasteiger partial charge in [0.25, 0.3) is 0 Å². The monoisotopic (exact) mass is 486 g/mol. The van der Waals surface area contributed by atoms with Gasteiger partial charge in [0.05, 0.1) is 4.90 Å². The summed E-state index contributed by atoms with van der Waals surface area (Å²) in [4.78, 5) is 12.7. The van der Waals surface area contributed by atoms with Crippen LogP contribution in [0.3, 0.4) is 0 Å². The largest absolute Gasteiger partial charge is 0.355 e. The molecule has 140 valence electrons. The average molecular weight is 486 g/mol. The van der Waals surface area contributed by atoms with E-state index in [1.807, 2.05) is 37.3 Å². The van der Waals surface area contributed by atoms with E-state index in [1.165, 1.54) is 0 Å². The number of amides is 1. The van der Waals surface area contributed by atoms with Crippen molar-refractivity contribution in [1.29, 1.82) is 0 Å². The third-order valence-corrected chi connectivity index (χ3v) is 6.06. The van der Waals surface area contributed by atoms with Gasteiger partial charge in [0.1, 0.15) is 6.04 Å². The van der Waals surface area contributed by atoms with Gasteiger partial charge < -0.3 is 5.32 Å². The fraction of sp³-hybridized carbons (Fsp3) is 0.316. The van der Waals surface area contributed by atoms with Crippen LogP contribution in [0.4, 0.5) is 0 Å². The maximum Gasteiger partial charge on any atom is 0.241 e. The van der Waals surface area contributed by atoms with E-state index >= 15 is 0 Å². The summed E-state index contributed by atoms with van der Waals surface area (Å²) in [7, 11) is -3.79. The highest BCUT2D eigenvalue weighted by atomic mass is 127. The van der Waals surface area contributed by atoms with Gasteiger partial charge in [-0.3, -0.25) is 4.79 Å². The predicted molar refractivity (Wildman–Crippen MR) is 111 cm³/mol. The number of sulfonamides is 1. The summed E-state index contributed by atoms with van der Waals surface area (Å²) in [5.74, 6) is -0.309. The second-order valence-corrected chi connectivity index (χ2v) is 8.92. The molecule has 7 heteroatoms. The molecule has 0 aliphatic carbocycles. The summed E-state index contributed by atoms with van der Waals surface area (Å²) in [5.41, 5.74) is 0.897. The van der Waals surface area contributed by atoms with E-state index < -0.39 is 16.1 Å². The first-order valence-electron chi connectivity index (χ1n) is 8.52. The van der Waals surface area contributed by atoms with E-state index in [2.05, 4.69) is 32.6 Å². The molecule has 2 N–H and O–H groups in total. The van der Waals surface area contributed by atoms with Crippen molar-refractivity contribution in [3.05, 3.63) is 63.7 Å². The molecule has 0 spiro atoms. The molecule has 0 aliphatic rings. The smallest absolute Gasteiger partial charge is 0.241 e. The Bertz CT molecular complexity index is 808. The minimum atomic E-state index is -3.79. The lowest BCUT2D eigenvalue weighted by atomic mass is 10.1. The van der Waals surface area contributed by atoms with Crippen molar-refractivity contribution in [3.8, 4) is 0 Å². The van der Waals surface area contributed by atoms with Crippen LogP contribution in [0.5, 0.6) is 0 Å². The fourth-order valence-electron chi connectivity index (χ4n) is 2.42. The Kier molecular flexibility index (Phi) is 8.05. The van der Waals surface area contributed by atoms with E-state index in [0.29, 0.717) is 13.0 Å². The van der Waals surface area contributed by atoms with Crippen molar-refractivity contribution >= 4 is 38.5 Å². The Balaban J connectivity index is 2.19. The zero-order chi connectivity index (χ0) is 19.0. The van der Waals surface area contributed by atoms with Gasteiger partial charge in [0, 0.05) is 10.1 Å². The molecule has 0 aliphatic heterocycles. The zero-order valence-corrected chi connectivity index (χ0v) is 17.6. The number of carbonyl (C=O) groups is 1. The van der Waals surface area contributed by atoms with Gasteiger partial charge in [-0.15, -0.1) is 0 Å². The average Bonchev–Trinajstić information content (AvgIpc) is 2.62. The third-order valence-electron chi connectivity index (χ3n) is 3.85. The van der Waals surface area contributed by atoms with Crippen molar-refractivity contribution in [2.45, 2.75) is 37.1 Å². The third kappa shape index (κ3) is 6.37. The highest BCUT2D eigenvalue weighted by Crippen LogP contribution is 2.14. The maximum atomic E-state index is 12.7. The summed E-state index contributed by atoms with van der Waals surface area (Å²) in [6.07, 6.45) is 2.11. The van der Waals surface area contributed by atoms with Gasteiger partial charge in [0.15, 0.2) is 0 Å². The van der Waals surface area contributed by atoms with Crippen molar-refractivity contribution in [2.75, 3.05) is 6.54 Å². The molecule has 0 fully saturated rings. The van der Waals surface area contributed by atoms with Crippen LogP contribution in [0, 0.1) is 3.57 Å². The Labute approximate surface area is 168 Å². The van der Waals surface area contributed by atoms with Crippen LogP contribution < -0.4 is 10.0 Å². The topological polar surface area (TPSA) is 75.3 Å². The first kappa shape index (κ1) is 20.9. The molecule has 0 unspecified atom stereocenters. The van der Waals surface area contributed by atoms with Gasteiger partial charge in [0.2, 0.25) is 15.9 Å². The number of rotatable bonds is 9. The minimum absolute atomic E-state index is 0.150. The second kappa shape index (κ2) is 10.0. The molecule has 0 radical (unpaired) electrons. The van der Waals surface area contributed by atoms with Gasteiger partial charge >= 0.3 is 0 Å². The molecule has 0 aromatic heterocycles. The number of hydrogen-bond donors (Lipinski definition) is 2. The molecule has 1 amide bonds. The standard InChI is InChI=1S/C19H23IN2O3S/c1-2-3-13-21-19(23)18(14-15-7-5-4-6-8-15)22-26(24,25)17-11-9-16(20)10-12-17/h4-12,18,22H,2-3,13-14H2,1H3,(H,21,23)/t18-/m1/s1. The van der Waals surface area contributed by atoms with E-state index in [9.17, 15) is 13.2 Å². The molecule has 2 aromatic rings. The molecule has 26 heavy (non-hydrogen) atoms. The van der Waals surface area contributed by atoms with Crippen LogP contribution >= 0.6 is 22.6 Å². The Hall–Kier alpha value is -1.45. The summed E-state index contributed by atoms with van der Waals surface area (Å²) < 4.78 is 28.9. The van der Waals surface area contributed by atoms with Crippen molar-refractivity contribution in [1.82, 2.24) is 10.0 Å². The molecule has 0 bridgehead atoms. The first-order valence-corrected chi connectivity index (χ1v) is 11.1. The zero-order valence-electron chi connectivity index (χ0n) is 14.6. The number of carbonyl (C=O) groups excluding carboxylic acids is 1. The van der Waals surface area contributed by atoms with E-state index in [1.54, 1.807) is 24.3 Å². The summed E-state index contributed by atoms with van der Waals surface area (Å²) in [6.45, 7) is 2.57. The number of nitrogens with one attached hydrogen (secondary N) is 2. The van der Waals surface area contributed by atoms with E-state index in [-0.39, 0.29) is 10.8 Å². The van der Waals surface area contributed by atoms with Crippen molar-refractivity contribution in [3.63, 3.8) is 0 Å². The fourth-order valence-corrected chi connectivity index (χ4v) is 3.97. The molecule has 0 saturated heterocycles. The molecular formula is C19H23IN2O3S. The summed E-state index contributed by atoms with van der Waals surface area (Å²) in [6, 6.07) is 15.1. The van der Waals surface area contributed by atoms with Crippen LogP contribution in [0.1, 0.15) is 25.3 Å². The first-order chi connectivity index (χ1) is 12.4. The van der Waals surface area contributed by atoms with Crippen molar-refractivity contribution < 1.29 is 13.2 Å². The van der Waals surface area contributed by atoms with E-state index in [4.69, 9.17) is 0 Å². The van der Waals surface area contributed by atoms with E-state index in [0.717, 1.165) is 22.0 Å². The normalized spacial score (nSPS) is 12.5. The molecule has 0 heterocycles. The molecule has 2 aromatic carbocycles. The van der Waals surface area contributed by atoms with Gasteiger partial charge in [-0.2, -0.15) is 4.72 Å². The van der Waals surface area contributed by atoms with Gasteiger partial charge in [-0.1, -0.05) is 43.7 Å². The Morgan fingerprint density at radius 3 is 2.35 bits per heavy atom. The predicted octanol–water partition coefficient (Wildman–Crippen LogP) is 3.10. The Morgan fingerprint density at radius 1 is 1.08 bits per heavy atom. The SMILES string of the molecule is CCCCNC(=O)[C@@H](Cc1ccccc1)NS(=O)(=O)c1ccc(I)cc1. The summed E-state index contributed by atoms with van der Waals surface area (Å²) in [5, 5.41) is 2.82. The number of halogens is 1. The highest BCUT2D eigenvalue weighted by Gasteiger charge is 2.25. The van der Waals surface area contributed by atoms with Crippen LogP contribution in [-0.4, -0.2) is 26.9 Å². The molecule has 1 atom stereocenters. The maximum absolute atomic E-state index is 12.7. The van der Waals surface area contributed by atoms with Gasteiger partial charge in [-0.05, 0) is 65.3 Å². The van der Waals surface area contributed by atoms with Crippen molar-refractivity contribution in [2.24, 2.45) is 0 Å². The van der Waals surface area contributed by atoms with Crippen LogP contribution in [0.2, 0.25) is 0 Å².